The van der Waals surface area contributed by atoms with E-state index in [2.05, 4.69) is 54.7 Å². The van der Waals surface area contributed by atoms with Crippen molar-refractivity contribution in [1.82, 2.24) is 0 Å². The molecule has 3 atom stereocenters. The van der Waals surface area contributed by atoms with Crippen LogP contribution in [-0.4, -0.2) is 0 Å². The maximum absolute atomic E-state index is 6.06. The Morgan fingerprint density at radius 3 is 2.69 bits per heavy atom. The van der Waals surface area contributed by atoms with Crippen LogP contribution in [0, 0.1) is 12.8 Å². The number of hydrogen-bond donors (Lipinski definition) is 1. The molecule has 0 radical (unpaired) electrons. The summed E-state index contributed by atoms with van der Waals surface area (Å²) in [4.78, 5) is 2.82. The van der Waals surface area contributed by atoms with Crippen molar-refractivity contribution in [2.24, 2.45) is 5.92 Å². The summed E-state index contributed by atoms with van der Waals surface area (Å²) in [6, 6.07) is 21.3. The molecular weight excluding hydrogens is 338 g/mol. The highest BCUT2D eigenvalue weighted by Gasteiger charge is 2.38. The molecular formula is C23H21NOS. The van der Waals surface area contributed by atoms with Gasteiger partial charge in [-0.25, -0.2) is 0 Å². The van der Waals surface area contributed by atoms with Crippen LogP contribution in [0.2, 0.25) is 0 Å². The molecule has 2 aliphatic rings. The Labute approximate surface area is 158 Å². The maximum Gasteiger partial charge on any atom is 0.127 e. The van der Waals surface area contributed by atoms with Gasteiger partial charge in [0.05, 0.1) is 6.04 Å². The number of nitrogens with one attached hydrogen (secondary N) is 1. The van der Waals surface area contributed by atoms with Gasteiger partial charge in [-0.05, 0) is 67.3 Å². The van der Waals surface area contributed by atoms with Gasteiger partial charge in [-0.15, -0.1) is 11.3 Å². The molecule has 0 amide bonds. The molecule has 1 aromatic heterocycles. The zero-order valence-electron chi connectivity index (χ0n) is 14.7. The van der Waals surface area contributed by atoms with Gasteiger partial charge < -0.3 is 10.1 Å². The van der Waals surface area contributed by atoms with Crippen LogP contribution in [0.15, 0.2) is 72.8 Å². The minimum atomic E-state index is 0.391. The van der Waals surface area contributed by atoms with Crippen LogP contribution in [0.25, 0.3) is 0 Å². The molecule has 0 fully saturated rings. The molecule has 130 valence electrons. The van der Waals surface area contributed by atoms with Crippen LogP contribution in [0.1, 0.15) is 33.7 Å². The van der Waals surface area contributed by atoms with Crippen LogP contribution < -0.4 is 10.1 Å². The third-order valence-electron chi connectivity index (χ3n) is 5.38. The van der Waals surface area contributed by atoms with Gasteiger partial charge in [0, 0.05) is 21.4 Å². The first-order valence-electron chi connectivity index (χ1n) is 9.14. The average molecular weight is 359 g/mol. The molecule has 0 saturated carbocycles. The Morgan fingerprint density at radius 2 is 1.88 bits per heavy atom. The van der Waals surface area contributed by atoms with Crippen LogP contribution in [0.4, 0.5) is 5.69 Å². The number of benzene rings is 2. The molecule has 2 heterocycles. The molecule has 0 bridgehead atoms. The maximum atomic E-state index is 6.06. The molecule has 26 heavy (non-hydrogen) atoms. The first kappa shape index (κ1) is 15.7. The van der Waals surface area contributed by atoms with Crippen molar-refractivity contribution in [2.75, 3.05) is 5.32 Å². The number of aryl methyl sites for hydroxylation is 1. The molecule has 2 aromatic carbocycles. The molecule has 1 aliphatic carbocycles. The Morgan fingerprint density at radius 1 is 1.00 bits per heavy atom. The zero-order valence-corrected chi connectivity index (χ0v) is 15.5. The molecule has 3 heteroatoms. The second-order valence-corrected chi connectivity index (χ2v) is 8.41. The fourth-order valence-electron chi connectivity index (χ4n) is 4.16. The van der Waals surface area contributed by atoms with Crippen LogP contribution in [-0.2, 0) is 0 Å². The highest BCUT2D eigenvalue weighted by molar-refractivity contribution is 7.12. The van der Waals surface area contributed by atoms with Crippen molar-refractivity contribution in [1.29, 1.82) is 0 Å². The van der Waals surface area contributed by atoms with Crippen molar-refractivity contribution in [3.05, 3.63) is 88.1 Å². The number of rotatable bonds is 3. The SMILES string of the molecule is Cc1ccc(C2Nc3ccc(Oc4ccccc4)cc3C3C=CCC32)s1. The standard InChI is InChI=1S/C23H21NOS/c1-15-10-13-22(26-15)23-19-9-5-8-18(19)20-14-17(11-12-21(20)24-23)25-16-6-3-2-4-7-16/h2-8,10-14,18-19,23-24H,9H2,1H3. The second-order valence-electron chi connectivity index (χ2n) is 7.09. The lowest BCUT2D eigenvalue weighted by Gasteiger charge is -2.37. The number of fused-ring (bicyclic) bond motifs is 3. The lowest BCUT2D eigenvalue weighted by Crippen LogP contribution is -2.28. The monoisotopic (exact) mass is 359 g/mol. The fraction of sp³-hybridized carbons (Fsp3) is 0.217. The summed E-state index contributed by atoms with van der Waals surface area (Å²) in [5, 5.41) is 3.80. The molecule has 3 unspecified atom stereocenters. The summed E-state index contributed by atoms with van der Waals surface area (Å²) in [5.74, 6) is 2.81. The summed E-state index contributed by atoms with van der Waals surface area (Å²) < 4.78 is 6.06. The van der Waals surface area contributed by atoms with Gasteiger partial charge >= 0.3 is 0 Å². The predicted molar refractivity (Wildman–Crippen MR) is 108 cm³/mol. The van der Waals surface area contributed by atoms with E-state index >= 15 is 0 Å². The first-order chi connectivity index (χ1) is 12.8. The number of hydrogen-bond acceptors (Lipinski definition) is 3. The Bertz CT molecular complexity index is 959. The van der Waals surface area contributed by atoms with Crippen LogP contribution >= 0.6 is 11.3 Å². The number of thiophene rings is 1. The van der Waals surface area contributed by atoms with E-state index in [1.807, 2.05) is 41.7 Å². The minimum Gasteiger partial charge on any atom is -0.457 e. The zero-order chi connectivity index (χ0) is 17.5. The van der Waals surface area contributed by atoms with Gasteiger partial charge in [-0.3, -0.25) is 0 Å². The Kier molecular flexibility index (Phi) is 3.83. The summed E-state index contributed by atoms with van der Waals surface area (Å²) in [5.41, 5.74) is 2.58. The van der Waals surface area contributed by atoms with E-state index in [-0.39, 0.29) is 0 Å². The summed E-state index contributed by atoms with van der Waals surface area (Å²) >= 11 is 1.91. The first-order valence-corrected chi connectivity index (χ1v) is 9.96. The normalized spacial score (nSPS) is 23.2. The van der Waals surface area contributed by atoms with Crippen molar-refractivity contribution in [2.45, 2.75) is 25.3 Å². The van der Waals surface area contributed by atoms with Crippen molar-refractivity contribution in [3.8, 4) is 11.5 Å². The number of ether oxygens (including phenoxy) is 1. The smallest absolute Gasteiger partial charge is 0.127 e. The summed E-state index contributed by atoms with van der Waals surface area (Å²) in [7, 11) is 0. The van der Waals surface area contributed by atoms with Gasteiger partial charge in [-0.1, -0.05) is 30.4 Å². The highest BCUT2D eigenvalue weighted by Crippen LogP contribution is 2.51. The van der Waals surface area contributed by atoms with E-state index < -0.39 is 0 Å². The van der Waals surface area contributed by atoms with Crippen molar-refractivity contribution >= 4 is 17.0 Å². The van der Waals surface area contributed by atoms with Gasteiger partial charge in [0.25, 0.3) is 0 Å². The Balaban J connectivity index is 1.49. The minimum absolute atomic E-state index is 0.391. The third kappa shape index (κ3) is 2.73. The van der Waals surface area contributed by atoms with Crippen molar-refractivity contribution in [3.63, 3.8) is 0 Å². The predicted octanol–water partition coefficient (Wildman–Crippen LogP) is 6.68. The molecule has 1 aliphatic heterocycles. The van der Waals surface area contributed by atoms with E-state index in [0.29, 0.717) is 17.9 Å². The van der Waals surface area contributed by atoms with E-state index in [1.165, 1.54) is 21.0 Å². The number of allylic oxidation sites excluding steroid dienone is 2. The molecule has 2 nitrogen and oxygen atoms in total. The number of para-hydroxylation sites is 1. The largest absolute Gasteiger partial charge is 0.457 e. The molecule has 3 aromatic rings. The van der Waals surface area contributed by atoms with Gasteiger partial charge in [0.15, 0.2) is 0 Å². The fourth-order valence-corrected chi connectivity index (χ4v) is 5.17. The Hall–Kier alpha value is -2.52. The molecule has 0 spiro atoms. The van der Waals surface area contributed by atoms with E-state index in [9.17, 15) is 0 Å². The van der Waals surface area contributed by atoms with Gasteiger partial charge in [0.2, 0.25) is 0 Å². The summed E-state index contributed by atoms with van der Waals surface area (Å²) in [6.45, 7) is 2.18. The second kappa shape index (κ2) is 6.33. The van der Waals surface area contributed by atoms with Gasteiger partial charge in [-0.2, -0.15) is 0 Å². The number of anilines is 1. The highest BCUT2D eigenvalue weighted by atomic mass is 32.1. The van der Waals surface area contributed by atoms with E-state index in [1.54, 1.807) is 0 Å². The topological polar surface area (TPSA) is 21.3 Å². The quantitative estimate of drug-likeness (QED) is 0.527. The van der Waals surface area contributed by atoms with Crippen LogP contribution in [0.5, 0.6) is 11.5 Å². The van der Waals surface area contributed by atoms with E-state index in [4.69, 9.17) is 4.74 Å². The molecule has 0 saturated heterocycles. The van der Waals surface area contributed by atoms with Crippen LogP contribution in [0.3, 0.4) is 0 Å². The van der Waals surface area contributed by atoms with Crippen molar-refractivity contribution < 1.29 is 4.74 Å². The average Bonchev–Trinajstić information content (AvgIpc) is 3.31. The summed E-state index contributed by atoms with van der Waals surface area (Å²) in [6.07, 6.45) is 5.84. The molecule has 1 N–H and O–H groups in total. The van der Waals surface area contributed by atoms with E-state index in [0.717, 1.165) is 17.9 Å². The molecule has 5 rings (SSSR count). The lowest BCUT2D eigenvalue weighted by atomic mass is 9.79. The van der Waals surface area contributed by atoms with Gasteiger partial charge in [0.1, 0.15) is 11.5 Å². The lowest BCUT2D eigenvalue weighted by molar-refractivity contribution is 0.426. The third-order valence-corrected chi connectivity index (χ3v) is 6.46.